The molecule has 4 aromatic rings. The first-order chi connectivity index (χ1) is 17.3. The molecule has 0 spiro atoms. The van der Waals surface area contributed by atoms with Gasteiger partial charge >= 0.3 is 0 Å². The Labute approximate surface area is 214 Å². The number of hydrogen-bond donors (Lipinski definition) is 0. The molecule has 3 heteroatoms. The standard InChI is InChI=1S/C32H40N2Si/c1-3-5-8-12-27-16-20-29(21-17-27)32(34-25-24-33-26-34,35-31-14-10-7-11-15-31)30-22-18-28(19-23-30)13-9-6-4-2/h7,10-11,14-26H,3-6,8-9,12-13,35H2,1-2H3. The van der Waals surface area contributed by atoms with E-state index < -0.39 is 9.52 Å². The van der Waals surface area contributed by atoms with Gasteiger partial charge < -0.3 is 4.57 Å². The van der Waals surface area contributed by atoms with E-state index >= 15 is 0 Å². The summed E-state index contributed by atoms with van der Waals surface area (Å²) >= 11 is 0. The molecule has 0 saturated carbocycles. The number of rotatable bonds is 13. The molecule has 0 amide bonds. The highest BCUT2D eigenvalue weighted by Gasteiger charge is 2.36. The van der Waals surface area contributed by atoms with Crippen LogP contribution in [0.2, 0.25) is 0 Å². The van der Waals surface area contributed by atoms with Crippen molar-refractivity contribution < 1.29 is 0 Å². The molecule has 0 saturated heterocycles. The molecule has 0 atom stereocenters. The number of hydrogen-bond acceptors (Lipinski definition) is 1. The van der Waals surface area contributed by atoms with Crippen LogP contribution in [0.4, 0.5) is 0 Å². The Morgan fingerprint density at radius 2 is 1.23 bits per heavy atom. The predicted octanol–water partition coefficient (Wildman–Crippen LogP) is 6.59. The van der Waals surface area contributed by atoms with Crippen molar-refractivity contribution in [2.75, 3.05) is 0 Å². The van der Waals surface area contributed by atoms with Crippen molar-refractivity contribution in [1.82, 2.24) is 9.55 Å². The number of unbranched alkanes of at least 4 members (excludes halogenated alkanes) is 4. The van der Waals surface area contributed by atoms with Gasteiger partial charge in [0, 0.05) is 12.4 Å². The molecule has 1 aromatic heterocycles. The van der Waals surface area contributed by atoms with E-state index in [4.69, 9.17) is 0 Å². The van der Waals surface area contributed by atoms with Crippen LogP contribution >= 0.6 is 0 Å². The lowest BCUT2D eigenvalue weighted by Crippen LogP contribution is -2.46. The Morgan fingerprint density at radius 1 is 0.686 bits per heavy atom. The van der Waals surface area contributed by atoms with Crippen molar-refractivity contribution in [3.8, 4) is 0 Å². The monoisotopic (exact) mass is 480 g/mol. The van der Waals surface area contributed by atoms with E-state index in [0.717, 1.165) is 12.8 Å². The van der Waals surface area contributed by atoms with Crippen LogP contribution in [0.25, 0.3) is 0 Å². The molecule has 0 bridgehead atoms. The van der Waals surface area contributed by atoms with Crippen LogP contribution in [0.3, 0.4) is 0 Å². The maximum Gasteiger partial charge on any atom is 0.0965 e. The minimum absolute atomic E-state index is 0.220. The van der Waals surface area contributed by atoms with E-state index in [1.165, 1.54) is 66.0 Å². The average molecular weight is 481 g/mol. The van der Waals surface area contributed by atoms with Crippen molar-refractivity contribution in [3.05, 3.63) is 120 Å². The lowest BCUT2D eigenvalue weighted by molar-refractivity contribution is 0.595. The van der Waals surface area contributed by atoms with Gasteiger partial charge in [-0.2, -0.15) is 0 Å². The lowest BCUT2D eigenvalue weighted by atomic mass is 9.94. The topological polar surface area (TPSA) is 17.8 Å². The second kappa shape index (κ2) is 12.7. The Hall–Kier alpha value is -2.91. The average Bonchev–Trinajstić information content (AvgIpc) is 3.45. The van der Waals surface area contributed by atoms with E-state index in [9.17, 15) is 0 Å². The van der Waals surface area contributed by atoms with Gasteiger partial charge in [-0.3, -0.25) is 0 Å². The van der Waals surface area contributed by atoms with Gasteiger partial charge in [0.15, 0.2) is 0 Å². The summed E-state index contributed by atoms with van der Waals surface area (Å²) in [5.74, 6) is 0. The molecule has 2 nitrogen and oxygen atoms in total. The summed E-state index contributed by atoms with van der Waals surface area (Å²) in [5.41, 5.74) is 5.61. The molecule has 0 aliphatic carbocycles. The summed E-state index contributed by atoms with van der Waals surface area (Å²) < 4.78 is 2.37. The third-order valence-electron chi connectivity index (χ3n) is 7.25. The molecular weight excluding hydrogens is 440 g/mol. The molecule has 0 fully saturated rings. The van der Waals surface area contributed by atoms with Crippen LogP contribution < -0.4 is 5.19 Å². The first-order valence-corrected chi connectivity index (χ1v) is 14.9. The van der Waals surface area contributed by atoms with E-state index in [2.05, 4.69) is 108 Å². The number of aryl methyl sites for hydroxylation is 2. The molecule has 0 unspecified atom stereocenters. The predicted molar refractivity (Wildman–Crippen MR) is 152 cm³/mol. The van der Waals surface area contributed by atoms with Gasteiger partial charge in [-0.1, -0.05) is 124 Å². The summed E-state index contributed by atoms with van der Waals surface area (Å²) in [5, 5.41) is 1.24. The van der Waals surface area contributed by atoms with E-state index in [1.54, 1.807) is 0 Å². The molecular formula is C32H40N2Si. The zero-order chi connectivity index (χ0) is 24.3. The SMILES string of the molecule is CCCCCc1ccc(C([SiH2]c2ccccc2)(c2ccc(CCCCC)cc2)n2ccnc2)cc1. The van der Waals surface area contributed by atoms with E-state index in [-0.39, 0.29) is 5.16 Å². The van der Waals surface area contributed by atoms with Crippen LogP contribution in [-0.4, -0.2) is 19.1 Å². The Morgan fingerprint density at radius 3 is 1.69 bits per heavy atom. The summed E-state index contributed by atoms with van der Waals surface area (Å²) in [7, 11) is -0.811. The Kier molecular flexibility index (Phi) is 9.13. The smallest absolute Gasteiger partial charge is 0.0965 e. The third kappa shape index (κ3) is 6.21. The van der Waals surface area contributed by atoms with E-state index in [1.807, 2.05) is 12.5 Å². The van der Waals surface area contributed by atoms with Gasteiger partial charge in [0.25, 0.3) is 0 Å². The van der Waals surface area contributed by atoms with Gasteiger partial charge in [0.05, 0.1) is 21.0 Å². The van der Waals surface area contributed by atoms with Crippen LogP contribution in [0, 0.1) is 0 Å². The van der Waals surface area contributed by atoms with Crippen molar-refractivity contribution in [1.29, 1.82) is 0 Å². The summed E-state index contributed by atoms with van der Waals surface area (Å²) in [6, 6.07) is 30.0. The zero-order valence-corrected chi connectivity index (χ0v) is 22.9. The van der Waals surface area contributed by atoms with Crippen molar-refractivity contribution >= 4 is 14.7 Å². The highest BCUT2D eigenvalue weighted by Crippen LogP contribution is 2.34. The van der Waals surface area contributed by atoms with Crippen molar-refractivity contribution in [2.45, 2.75) is 70.4 Å². The normalized spacial score (nSPS) is 11.9. The highest BCUT2D eigenvalue weighted by atomic mass is 28.2. The number of nitrogens with zero attached hydrogens (tertiary/aromatic N) is 2. The molecule has 35 heavy (non-hydrogen) atoms. The quantitative estimate of drug-likeness (QED) is 0.156. The number of imidazole rings is 1. The largest absolute Gasteiger partial charge is 0.326 e. The summed E-state index contributed by atoms with van der Waals surface area (Å²) in [6.45, 7) is 4.54. The second-order valence-corrected chi connectivity index (χ2v) is 12.0. The molecule has 3 aromatic carbocycles. The molecule has 0 radical (unpaired) electrons. The number of benzene rings is 3. The molecule has 1 heterocycles. The van der Waals surface area contributed by atoms with Gasteiger partial charge in [-0.15, -0.1) is 0 Å². The zero-order valence-electron chi connectivity index (χ0n) is 21.5. The first kappa shape index (κ1) is 25.2. The van der Waals surface area contributed by atoms with Crippen LogP contribution in [-0.2, 0) is 18.0 Å². The van der Waals surface area contributed by atoms with E-state index in [0.29, 0.717) is 0 Å². The molecule has 0 aliphatic rings. The van der Waals surface area contributed by atoms with Crippen molar-refractivity contribution in [2.24, 2.45) is 0 Å². The minimum atomic E-state index is -0.811. The van der Waals surface area contributed by atoms with Crippen LogP contribution in [0.15, 0.2) is 97.6 Å². The Bertz CT molecular complexity index is 1060. The van der Waals surface area contributed by atoms with Gasteiger partial charge in [0.1, 0.15) is 0 Å². The molecule has 0 N–H and O–H groups in total. The minimum Gasteiger partial charge on any atom is -0.326 e. The first-order valence-electron chi connectivity index (χ1n) is 13.5. The maximum absolute atomic E-state index is 4.50. The van der Waals surface area contributed by atoms with Gasteiger partial charge in [-0.05, 0) is 47.9 Å². The fourth-order valence-corrected chi connectivity index (χ4v) is 7.54. The lowest BCUT2D eigenvalue weighted by Gasteiger charge is -2.37. The molecule has 0 aliphatic heterocycles. The Balaban J connectivity index is 1.77. The number of aromatic nitrogens is 2. The van der Waals surface area contributed by atoms with Gasteiger partial charge in [0.2, 0.25) is 0 Å². The van der Waals surface area contributed by atoms with Crippen molar-refractivity contribution in [3.63, 3.8) is 0 Å². The fraction of sp³-hybridized carbons (Fsp3) is 0.344. The summed E-state index contributed by atoms with van der Waals surface area (Å²) in [4.78, 5) is 4.50. The maximum atomic E-state index is 4.50. The highest BCUT2D eigenvalue weighted by molar-refractivity contribution is 6.57. The second-order valence-electron chi connectivity index (χ2n) is 9.80. The fourth-order valence-electron chi connectivity index (χ4n) is 5.19. The summed E-state index contributed by atoms with van der Waals surface area (Å²) in [6.07, 6.45) is 16.1. The van der Waals surface area contributed by atoms with Crippen LogP contribution in [0.5, 0.6) is 0 Å². The third-order valence-corrected chi connectivity index (χ3v) is 9.82. The molecule has 182 valence electrons. The van der Waals surface area contributed by atoms with Gasteiger partial charge in [-0.25, -0.2) is 4.98 Å². The van der Waals surface area contributed by atoms with Crippen LogP contribution in [0.1, 0.15) is 74.6 Å². The molecule has 4 rings (SSSR count).